The second-order valence-electron chi connectivity index (χ2n) is 6.98. The summed E-state index contributed by atoms with van der Waals surface area (Å²) in [7, 11) is 1.51. The molecule has 13 heteroatoms. The van der Waals surface area contributed by atoms with Gasteiger partial charge in [0, 0.05) is 21.4 Å². The van der Waals surface area contributed by atoms with Crippen LogP contribution in [0.1, 0.15) is 11.5 Å². The molecule has 11 nitrogen and oxygen atoms in total. The van der Waals surface area contributed by atoms with E-state index in [9.17, 15) is 19.2 Å². The number of rotatable bonds is 7. The molecule has 0 unspecified atom stereocenters. The first-order chi connectivity index (χ1) is 17.2. The molecular weight excluding hydrogens is 513 g/mol. The number of hydrazone groups is 1. The Labute approximate surface area is 214 Å². The van der Waals surface area contributed by atoms with Gasteiger partial charge in [0.15, 0.2) is 0 Å². The SMILES string of the molecule is COc1ccc(NC(=O)C(=O)N/N=C/c2ccc(CNC(=O)C(=O)Nc3cc(Cl)cc(Cl)c3)o2)cc1. The summed E-state index contributed by atoms with van der Waals surface area (Å²) >= 11 is 11.7. The molecule has 0 aliphatic heterocycles. The van der Waals surface area contributed by atoms with Gasteiger partial charge in [-0.25, -0.2) is 5.43 Å². The summed E-state index contributed by atoms with van der Waals surface area (Å²) in [6.07, 6.45) is 1.17. The number of ether oxygens (including phenoxy) is 1. The van der Waals surface area contributed by atoms with Gasteiger partial charge >= 0.3 is 23.6 Å². The van der Waals surface area contributed by atoms with E-state index in [1.54, 1.807) is 24.3 Å². The molecule has 4 N–H and O–H groups in total. The predicted molar refractivity (Wildman–Crippen MR) is 133 cm³/mol. The molecule has 0 spiro atoms. The number of carbonyl (C=O) groups is 4. The first-order valence-electron chi connectivity index (χ1n) is 10.2. The molecule has 1 aromatic heterocycles. The number of furan rings is 1. The number of hydrogen-bond donors (Lipinski definition) is 4. The number of nitrogens with one attached hydrogen (secondary N) is 4. The first kappa shape index (κ1) is 26.3. The van der Waals surface area contributed by atoms with Gasteiger partial charge in [-0.1, -0.05) is 23.2 Å². The molecule has 0 saturated heterocycles. The van der Waals surface area contributed by atoms with Gasteiger partial charge in [-0.2, -0.15) is 5.10 Å². The Morgan fingerprint density at radius 1 is 0.861 bits per heavy atom. The van der Waals surface area contributed by atoms with E-state index in [2.05, 4.69) is 26.5 Å². The molecule has 4 amide bonds. The van der Waals surface area contributed by atoms with Crippen LogP contribution in [0.5, 0.6) is 5.75 Å². The minimum absolute atomic E-state index is 0.0903. The van der Waals surface area contributed by atoms with Gasteiger partial charge in [0.1, 0.15) is 17.3 Å². The van der Waals surface area contributed by atoms with Gasteiger partial charge in [-0.05, 0) is 54.6 Å². The minimum Gasteiger partial charge on any atom is -0.497 e. The molecule has 3 rings (SSSR count). The van der Waals surface area contributed by atoms with Gasteiger partial charge in [0.05, 0.1) is 19.9 Å². The molecule has 0 aliphatic carbocycles. The molecule has 0 fully saturated rings. The summed E-state index contributed by atoms with van der Waals surface area (Å²) in [5, 5.41) is 11.5. The number of halogens is 2. The van der Waals surface area contributed by atoms with Crippen molar-refractivity contribution in [3.63, 3.8) is 0 Å². The molecule has 0 radical (unpaired) electrons. The number of methoxy groups -OCH3 is 1. The number of carbonyl (C=O) groups excluding carboxylic acids is 4. The zero-order valence-corrected chi connectivity index (χ0v) is 20.1. The van der Waals surface area contributed by atoms with E-state index in [0.717, 1.165) is 0 Å². The van der Waals surface area contributed by atoms with E-state index >= 15 is 0 Å². The van der Waals surface area contributed by atoms with E-state index in [4.69, 9.17) is 32.4 Å². The summed E-state index contributed by atoms with van der Waals surface area (Å²) in [6.45, 7) is -0.0903. The third-order valence-corrected chi connectivity index (χ3v) is 4.78. The van der Waals surface area contributed by atoms with Crippen molar-refractivity contribution in [3.05, 3.63) is 76.2 Å². The van der Waals surface area contributed by atoms with E-state index in [0.29, 0.717) is 27.2 Å². The van der Waals surface area contributed by atoms with Gasteiger partial charge in [-0.15, -0.1) is 0 Å². The van der Waals surface area contributed by atoms with Gasteiger partial charge in [-0.3, -0.25) is 19.2 Å². The van der Waals surface area contributed by atoms with Crippen LogP contribution in [0.15, 0.2) is 64.1 Å². The average molecular weight is 532 g/mol. The molecule has 0 bridgehead atoms. The lowest BCUT2D eigenvalue weighted by atomic mass is 10.3. The smallest absolute Gasteiger partial charge is 0.329 e. The molecule has 1 heterocycles. The van der Waals surface area contributed by atoms with Crippen molar-refractivity contribution in [1.29, 1.82) is 0 Å². The molecule has 2 aromatic carbocycles. The standard InChI is InChI=1S/C23H19Cl2N5O6/c1-35-17-4-2-15(3-5-17)28-22(33)23(34)30-27-12-19-7-6-18(36-19)11-26-20(31)21(32)29-16-9-13(24)8-14(25)10-16/h2-10,12H,11H2,1H3,(H,26,31)(H,28,33)(H,29,32)(H,30,34)/b27-12+. The first-order valence-corrected chi connectivity index (χ1v) is 10.9. The lowest BCUT2D eigenvalue weighted by Crippen LogP contribution is -2.34. The summed E-state index contributed by atoms with van der Waals surface area (Å²) in [4.78, 5) is 47.9. The van der Waals surface area contributed by atoms with Crippen LogP contribution in [0.4, 0.5) is 11.4 Å². The highest BCUT2D eigenvalue weighted by molar-refractivity contribution is 6.40. The maximum atomic E-state index is 12.0. The van der Waals surface area contributed by atoms with Crippen LogP contribution in [-0.4, -0.2) is 37.0 Å². The van der Waals surface area contributed by atoms with Gasteiger partial charge < -0.3 is 25.1 Å². The fourth-order valence-electron chi connectivity index (χ4n) is 2.69. The van der Waals surface area contributed by atoms with Crippen molar-refractivity contribution < 1.29 is 28.3 Å². The zero-order valence-electron chi connectivity index (χ0n) is 18.6. The van der Waals surface area contributed by atoms with Crippen LogP contribution in [-0.2, 0) is 25.7 Å². The third-order valence-electron chi connectivity index (χ3n) is 4.34. The molecule has 0 aliphatic rings. The van der Waals surface area contributed by atoms with Crippen molar-refractivity contribution >= 4 is 64.4 Å². The highest BCUT2D eigenvalue weighted by Gasteiger charge is 2.15. The minimum atomic E-state index is -0.992. The van der Waals surface area contributed by atoms with Crippen molar-refractivity contribution in [1.82, 2.24) is 10.7 Å². The monoisotopic (exact) mass is 531 g/mol. The highest BCUT2D eigenvalue weighted by Crippen LogP contribution is 2.22. The molecule has 3 aromatic rings. The lowest BCUT2D eigenvalue weighted by molar-refractivity contribution is -0.136. The molecule has 36 heavy (non-hydrogen) atoms. The van der Waals surface area contributed by atoms with Crippen molar-refractivity contribution in [2.45, 2.75) is 6.54 Å². The van der Waals surface area contributed by atoms with Crippen LogP contribution in [0, 0.1) is 0 Å². The zero-order chi connectivity index (χ0) is 26.1. The maximum Gasteiger partial charge on any atom is 0.329 e. The van der Waals surface area contributed by atoms with Gasteiger partial charge in [0.2, 0.25) is 0 Å². The second-order valence-corrected chi connectivity index (χ2v) is 7.85. The van der Waals surface area contributed by atoms with Crippen molar-refractivity contribution in [3.8, 4) is 5.75 Å². The number of hydrogen-bond acceptors (Lipinski definition) is 7. The molecule has 186 valence electrons. The third kappa shape index (κ3) is 7.86. The Bertz CT molecular complexity index is 1290. The Balaban J connectivity index is 1.43. The normalized spacial score (nSPS) is 10.5. The summed E-state index contributed by atoms with van der Waals surface area (Å²) < 4.78 is 10.4. The Kier molecular flexibility index (Phi) is 9.03. The number of benzene rings is 2. The number of nitrogens with zero attached hydrogens (tertiary/aromatic N) is 1. The van der Waals surface area contributed by atoms with E-state index in [1.807, 2.05) is 0 Å². The van der Waals surface area contributed by atoms with Crippen LogP contribution in [0.25, 0.3) is 0 Å². The quantitative estimate of drug-likeness (QED) is 0.209. The van der Waals surface area contributed by atoms with Crippen LogP contribution >= 0.6 is 23.2 Å². The predicted octanol–water partition coefficient (Wildman–Crippen LogP) is 2.94. The molecular formula is C23H19Cl2N5O6. The van der Waals surface area contributed by atoms with E-state index in [1.165, 1.54) is 43.7 Å². The largest absolute Gasteiger partial charge is 0.497 e. The Hall–Kier alpha value is -4.35. The fraction of sp³-hybridized carbons (Fsp3) is 0.0870. The fourth-order valence-corrected chi connectivity index (χ4v) is 3.21. The van der Waals surface area contributed by atoms with Crippen LogP contribution in [0.2, 0.25) is 10.0 Å². The Morgan fingerprint density at radius 2 is 1.50 bits per heavy atom. The molecule has 0 atom stereocenters. The topological polar surface area (TPSA) is 151 Å². The highest BCUT2D eigenvalue weighted by atomic mass is 35.5. The van der Waals surface area contributed by atoms with Crippen LogP contribution < -0.4 is 26.1 Å². The molecule has 0 saturated carbocycles. The summed E-state index contributed by atoms with van der Waals surface area (Å²) in [5.74, 6) is -2.59. The summed E-state index contributed by atoms with van der Waals surface area (Å²) in [6, 6.07) is 13.8. The van der Waals surface area contributed by atoms with E-state index in [-0.39, 0.29) is 18.0 Å². The van der Waals surface area contributed by atoms with Crippen molar-refractivity contribution in [2.24, 2.45) is 5.10 Å². The Morgan fingerprint density at radius 3 is 2.17 bits per heavy atom. The summed E-state index contributed by atoms with van der Waals surface area (Å²) in [5.41, 5.74) is 2.74. The maximum absolute atomic E-state index is 12.0. The lowest BCUT2D eigenvalue weighted by Gasteiger charge is -2.06. The number of anilines is 2. The second kappa shape index (κ2) is 12.4. The van der Waals surface area contributed by atoms with Crippen molar-refractivity contribution in [2.75, 3.05) is 17.7 Å². The average Bonchev–Trinajstić information content (AvgIpc) is 3.29. The number of amides is 4. The van der Waals surface area contributed by atoms with E-state index < -0.39 is 23.6 Å². The van der Waals surface area contributed by atoms with Crippen LogP contribution in [0.3, 0.4) is 0 Å². The van der Waals surface area contributed by atoms with Gasteiger partial charge in [0.25, 0.3) is 0 Å².